The third kappa shape index (κ3) is 3.68. The molecule has 28 heavy (non-hydrogen) atoms. The topological polar surface area (TPSA) is 113 Å². The smallest absolute Gasteiger partial charge is 0.235 e. The van der Waals surface area contributed by atoms with Crippen LogP contribution >= 0.6 is 11.8 Å². The van der Waals surface area contributed by atoms with Crippen molar-refractivity contribution < 1.29 is 9.21 Å². The molecule has 4 rings (SSSR count). The average molecular weight is 396 g/mol. The van der Waals surface area contributed by atoms with Gasteiger partial charge in [-0.25, -0.2) is 4.98 Å². The van der Waals surface area contributed by atoms with Crippen molar-refractivity contribution >= 4 is 23.5 Å². The van der Waals surface area contributed by atoms with Crippen molar-refractivity contribution in [1.29, 1.82) is 5.26 Å². The van der Waals surface area contributed by atoms with Gasteiger partial charge in [-0.05, 0) is 44.4 Å². The van der Waals surface area contributed by atoms with E-state index in [9.17, 15) is 10.1 Å². The number of H-pyrrole nitrogens is 1. The lowest BCUT2D eigenvalue weighted by molar-refractivity contribution is -0.113. The van der Waals surface area contributed by atoms with Crippen LogP contribution in [0, 0.1) is 25.2 Å². The first-order valence-electron chi connectivity index (χ1n) is 9.04. The minimum atomic E-state index is -0.211. The zero-order chi connectivity index (χ0) is 19.7. The summed E-state index contributed by atoms with van der Waals surface area (Å²) in [5.74, 6) is 2.58. The monoisotopic (exact) mass is 396 g/mol. The quantitative estimate of drug-likeness (QED) is 0.592. The van der Waals surface area contributed by atoms with Crippen molar-refractivity contribution in [1.82, 2.24) is 19.7 Å². The van der Waals surface area contributed by atoms with Crippen LogP contribution in [0.15, 0.2) is 28.0 Å². The molecule has 1 aliphatic carbocycles. The van der Waals surface area contributed by atoms with Gasteiger partial charge in [-0.1, -0.05) is 11.8 Å². The van der Waals surface area contributed by atoms with E-state index in [1.165, 1.54) is 11.8 Å². The van der Waals surface area contributed by atoms with Gasteiger partial charge in [0.05, 0.1) is 24.1 Å². The Morgan fingerprint density at radius 1 is 1.50 bits per heavy atom. The van der Waals surface area contributed by atoms with E-state index in [1.807, 2.05) is 30.5 Å². The van der Waals surface area contributed by atoms with Gasteiger partial charge >= 0.3 is 0 Å². The van der Waals surface area contributed by atoms with Crippen LogP contribution in [0.2, 0.25) is 0 Å². The molecule has 0 spiro atoms. The number of furan rings is 1. The van der Waals surface area contributed by atoms with E-state index in [0.29, 0.717) is 29.0 Å². The molecule has 2 N–H and O–H groups in total. The van der Waals surface area contributed by atoms with Gasteiger partial charge < -0.3 is 14.3 Å². The molecule has 1 saturated carbocycles. The number of anilines is 1. The maximum absolute atomic E-state index is 12.5. The Balaban J connectivity index is 1.48. The number of aromatic nitrogens is 4. The van der Waals surface area contributed by atoms with Gasteiger partial charge in [0.2, 0.25) is 11.1 Å². The molecule has 9 heteroatoms. The lowest BCUT2D eigenvalue weighted by Crippen LogP contribution is -2.18. The molecule has 8 nitrogen and oxygen atoms in total. The highest BCUT2D eigenvalue weighted by atomic mass is 32.2. The second kappa shape index (κ2) is 7.56. The normalized spacial score (nSPS) is 13.5. The Hall–Kier alpha value is -2.99. The predicted molar refractivity (Wildman–Crippen MR) is 104 cm³/mol. The van der Waals surface area contributed by atoms with E-state index >= 15 is 0 Å². The number of hydrogen-bond donors (Lipinski definition) is 2. The zero-order valence-electron chi connectivity index (χ0n) is 15.7. The highest BCUT2D eigenvalue weighted by Gasteiger charge is 2.27. The van der Waals surface area contributed by atoms with Gasteiger partial charge in [0, 0.05) is 11.6 Å². The maximum Gasteiger partial charge on any atom is 0.235 e. The second-order valence-electron chi connectivity index (χ2n) is 6.83. The summed E-state index contributed by atoms with van der Waals surface area (Å²) in [7, 11) is 0. The first kappa shape index (κ1) is 18.4. The van der Waals surface area contributed by atoms with Crippen molar-refractivity contribution in [3.8, 4) is 6.07 Å². The average Bonchev–Trinajstić information content (AvgIpc) is 3.13. The van der Waals surface area contributed by atoms with E-state index in [4.69, 9.17) is 4.42 Å². The summed E-state index contributed by atoms with van der Waals surface area (Å²) in [4.78, 5) is 17.0. The van der Waals surface area contributed by atoms with E-state index in [0.717, 1.165) is 35.7 Å². The molecule has 0 saturated heterocycles. The summed E-state index contributed by atoms with van der Waals surface area (Å²) in [6.07, 6.45) is 3.89. The summed E-state index contributed by atoms with van der Waals surface area (Å²) in [5, 5.41) is 20.1. The molecule has 0 radical (unpaired) electrons. The minimum absolute atomic E-state index is 0.164. The molecule has 1 amide bonds. The Morgan fingerprint density at radius 3 is 3.00 bits per heavy atom. The fourth-order valence-electron chi connectivity index (χ4n) is 3.05. The highest BCUT2D eigenvalue weighted by Crippen LogP contribution is 2.38. The Morgan fingerprint density at radius 2 is 2.32 bits per heavy atom. The molecular formula is C19H20N6O2S. The molecular weight excluding hydrogens is 376 g/mol. The molecule has 3 heterocycles. The fourth-order valence-corrected chi connectivity index (χ4v) is 3.65. The summed E-state index contributed by atoms with van der Waals surface area (Å²) in [5.41, 5.74) is 2.23. The first-order chi connectivity index (χ1) is 13.6. The van der Waals surface area contributed by atoms with Gasteiger partial charge in [0.25, 0.3) is 0 Å². The largest absolute Gasteiger partial charge is 0.467 e. The molecule has 0 aromatic carbocycles. The van der Waals surface area contributed by atoms with Crippen molar-refractivity contribution in [3.63, 3.8) is 0 Å². The van der Waals surface area contributed by atoms with Gasteiger partial charge in [-0.3, -0.25) is 9.89 Å². The van der Waals surface area contributed by atoms with Crippen LogP contribution in [0.25, 0.3) is 0 Å². The fraction of sp³-hybridized carbons (Fsp3) is 0.368. The van der Waals surface area contributed by atoms with Gasteiger partial charge in [-0.15, -0.1) is 5.10 Å². The van der Waals surface area contributed by atoms with Crippen LogP contribution in [0.4, 0.5) is 5.82 Å². The molecule has 3 aromatic rings. The highest BCUT2D eigenvalue weighted by molar-refractivity contribution is 7.99. The van der Waals surface area contributed by atoms with E-state index in [1.54, 1.807) is 6.26 Å². The molecule has 1 aliphatic rings. The molecule has 3 aromatic heterocycles. The number of nitrogens with zero attached hydrogens (tertiary/aromatic N) is 4. The minimum Gasteiger partial charge on any atom is -0.467 e. The number of carbonyl (C=O) groups excluding carboxylic acids is 1. The van der Waals surface area contributed by atoms with Gasteiger partial charge in [-0.2, -0.15) is 5.26 Å². The van der Waals surface area contributed by atoms with Crippen LogP contribution < -0.4 is 5.32 Å². The van der Waals surface area contributed by atoms with E-state index in [-0.39, 0.29) is 11.7 Å². The van der Waals surface area contributed by atoms with Crippen molar-refractivity contribution in [2.75, 3.05) is 11.1 Å². The molecule has 1 fully saturated rings. The third-order valence-corrected chi connectivity index (χ3v) is 5.72. The number of carbonyl (C=O) groups is 1. The Kier molecular flexibility index (Phi) is 4.96. The maximum atomic E-state index is 12.5. The van der Waals surface area contributed by atoms with Gasteiger partial charge in [0.15, 0.2) is 0 Å². The number of nitrogens with one attached hydrogen (secondary N) is 2. The summed E-state index contributed by atoms with van der Waals surface area (Å²) in [6.45, 7) is 4.25. The summed E-state index contributed by atoms with van der Waals surface area (Å²) >= 11 is 1.27. The lowest BCUT2D eigenvalue weighted by Gasteiger charge is -2.11. The first-order valence-corrected chi connectivity index (χ1v) is 10.0. The Labute approximate surface area is 166 Å². The number of rotatable bonds is 7. The van der Waals surface area contributed by atoms with E-state index < -0.39 is 0 Å². The summed E-state index contributed by atoms with van der Waals surface area (Å²) < 4.78 is 7.32. The predicted octanol–water partition coefficient (Wildman–Crippen LogP) is 3.34. The molecule has 0 atom stereocenters. The SMILES string of the molecule is Cc1c(C#N)c(NC(=O)CSc2n[nH]c(C3CC3)n2)n(Cc2ccco2)c1C. The zero-order valence-corrected chi connectivity index (χ0v) is 16.5. The molecule has 0 aliphatic heterocycles. The van der Waals surface area contributed by atoms with Crippen LogP contribution in [0.3, 0.4) is 0 Å². The Bertz CT molecular complexity index is 1040. The lowest BCUT2D eigenvalue weighted by atomic mass is 10.2. The van der Waals surface area contributed by atoms with Crippen LogP contribution in [-0.4, -0.2) is 31.4 Å². The summed E-state index contributed by atoms with van der Waals surface area (Å²) in [6, 6.07) is 5.88. The second-order valence-corrected chi connectivity index (χ2v) is 7.77. The van der Waals surface area contributed by atoms with Crippen molar-refractivity contribution in [2.24, 2.45) is 0 Å². The number of nitriles is 1. The number of amides is 1. The number of aromatic amines is 1. The van der Waals surface area contributed by atoms with Crippen LogP contribution in [0.5, 0.6) is 0 Å². The van der Waals surface area contributed by atoms with Crippen LogP contribution in [-0.2, 0) is 11.3 Å². The van der Waals surface area contributed by atoms with Crippen LogP contribution in [0.1, 0.15) is 47.2 Å². The number of hydrogen-bond acceptors (Lipinski definition) is 6. The third-order valence-electron chi connectivity index (χ3n) is 4.87. The van der Waals surface area contributed by atoms with Crippen molar-refractivity contribution in [2.45, 2.75) is 44.3 Å². The van der Waals surface area contributed by atoms with Gasteiger partial charge in [0.1, 0.15) is 23.5 Å². The van der Waals surface area contributed by atoms with E-state index in [2.05, 4.69) is 26.6 Å². The standard InChI is InChI=1S/C19H20N6O2S/c1-11-12(2)25(9-14-4-3-7-27-14)18(15(11)8-20)21-16(26)10-28-19-22-17(23-24-19)13-5-6-13/h3-4,7,13H,5-6,9-10H2,1-2H3,(H,21,26)(H,22,23,24). The van der Waals surface area contributed by atoms with Crippen molar-refractivity contribution in [3.05, 3.63) is 46.8 Å². The number of thioether (sulfide) groups is 1. The molecule has 0 bridgehead atoms. The molecule has 0 unspecified atom stereocenters. The molecule has 144 valence electrons.